The van der Waals surface area contributed by atoms with Gasteiger partial charge in [-0.05, 0) is 47.4 Å². The Morgan fingerprint density at radius 1 is 1.21 bits per heavy atom. The highest BCUT2D eigenvalue weighted by molar-refractivity contribution is 7.80. The van der Waals surface area contributed by atoms with Gasteiger partial charge < -0.3 is 10.6 Å². The zero-order chi connectivity index (χ0) is 17.4. The zero-order valence-corrected chi connectivity index (χ0v) is 14.7. The summed E-state index contributed by atoms with van der Waals surface area (Å²) in [6.07, 6.45) is 3.49. The Labute approximate surface area is 149 Å². The highest BCUT2D eigenvalue weighted by Crippen LogP contribution is 2.11. The third-order valence-electron chi connectivity index (χ3n) is 3.03. The van der Waals surface area contributed by atoms with Gasteiger partial charge in [-0.15, -0.1) is 11.3 Å². The summed E-state index contributed by atoms with van der Waals surface area (Å²) in [5.41, 5.74) is 1.64. The Kier molecular flexibility index (Phi) is 6.65. The van der Waals surface area contributed by atoms with E-state index in [1.807, 2.05) is 29.6 Å². The van der Waals surface area contributed by atoms with E-state index in [9.17, 15) is 9.59 Å². The number of rotatable bonds is 5. The third kappa shape index (κ3) is 5.94. The van der Waals surface area contributed by atoms with E-state index >= 15 is 0 Å². The molecule has 0 aliphatic heterocycles. The maximum absolute atomic E-state index is 11.8. The minimum atomic E-state index is -0.294. The van der Waals surface area contributed by atoms with Crippen LogP contribution in [0.2, 0.25) is 0 Å². The van der Waals surface area contributed by atoms with Crippen molar-refractivity contribution >= 4 is 52.2 Å². The van der Waals surface area contributed by atoms with Crippen LogP contribution in [-0.4, -0.2) is 24.0 Å². The van der Waals surface area contributed by atoms with Crippen LogP contribution in [0.5, 0.6) is 0 Å². The molecule has 2 aromatic rings. The molecular weight excluding hydrogens is 342 g/mol. The molecule has 0 fully saturated rings. The van der Waals surface area contributed by atoms with Gasteiger partial charge in [0.15, 0.2) is 5.11 Å². The smallest absolute Gasteiger partial charge is 0.250 e. The lowest BCUT2D eigenvalue weighted by molar-refractivity contribution is -0.120. The number of benzene rings is 1. The first-order valence-electron chi connectivity index (χ1n) is 7.20. The summed E-state index contributed by atoms with van der Waals surface area (Å²) in [5.74, 6) is -0.340. The molecule has 0 bridgehead atoms. The average Bonchev–Trinajstić information content (AvgIpc) is 3.08. The number of likely N-dealkylation sites (N-methyl/N-ethyl adjacent to an activating group) is 1. The second kappa shape index (κ2) is 8.95. The lowest BCUT2D eigenvalue weighted by atomic mass is 10.1. The topological polar surface area (TPSA) is 70.2 Å². The summed E-state index contributed by atoms with van der Waals surface area (Å²) in [6.45, 7) is 0. The predicted molar refractivity (Wildman–Crippen MR) is 102 cm³/mol. The van der Waals surface area contributed by atoms with Crippen LogP contribution < -0.4 is 16.0 Å². The molecule has 24 heavy (non-hydrogen) atoms. The van der Waals surface area contributed by atoms with Gasteiger partial charge in [-0.3, -0.25) is 14.9 Å². The molecule has 124 valence electrons. The van der Waals surface area contributed by atoms with Crippen molar-refractivity contribution < 1.29 is 9.59 Å². The van der Waals surface area contributed by atoms with Crippen molar-refractivity contribution in [2.45, 2.75) is 6.42 Å². The van der Waals surface area contributed by atoms with Gasteiger partial charge in [-0.2, -0.15) is 0 Å². The average molecular weight is 359 g/mol. The van der Waals surface area contributed by atoms with Gasteiger partial charge in [0, 0.05) is 23.7 Å². The molecule has 1 heterocycles. The van der Waals surface area contributed by atoms with Crippen LogP contribution in [0.15, 0.2) is 47.9 Å². The molecule has 0 saturated carbocycles. The van der Waals surface area contributed by atoms with Crippen molar-refractivity contribution in [2.75, 3.05) is 12.4 Å². The normalized spacial score (nSPS) is 10.4. The lowest BCUT2D eigenvalue weighted by Gasteiger charge is -2.09. The molecule has 5 nitrogen and oxygen atoms in total. The molecule has 1 aromatic carbocycles. The highest BCUT2D eigenvalue weighted by atomic mass is 32.1. The van der Waals surface area contributed by atoms with Gasteiger partial charge in [-0.1, -0.05) is 18.2 Å². The van der Waals surface area contributed by atoms with Crippen molar-refractivity contribution in [3.8, 4) is 0 Å². The molecule has 7 heteroatoms. The largest absolute Gasteiger partial charge is 0.359 e. The molecule has 3 N–H and O–H groups in total. The zero-order valence-electron chi connectivity index (χ0n) is 13.0. The fraction of sp³-hybridized carbons (Fsp3) is 0.118. The van der Waals surface area contributed by atoms with E-state index in [2.05, 4.69) is 16.0 Å². The molecule has 0 saturated heterocycles. The van der Waals surface area contributed by atoms with Crippen molar-refractivity contribution in [2.24, 2.45) is 0 Å². The number of carbonyl (C=O) groups excluding carboxylic acids is 2. The van der Waals surface area contributed by atoms with Crippen molar-refractivity contribution in [1.82, 2.24) is 10.6 Å². The minimum absolute atomic E-state index is 0.0454. The van der Waals surface area contributed by atoms with Crippen LogP contribution in [-0.2, 0) is 16.0 Å². The van der Waals surface area contributed by atoms with Gasteiger partial charge in [-0.25, -0.2) is 0 Å². The first kappa shape index (κ1) is 17.8. The number of hydrogen-bond acceptors (Lipinski definition) is 4. The third-order valence-corrected chi connectivity index (χ3v) is 4.08. The number of carbonyl (C=O) groups is 2. The highest BCUT2D eigenvalue weighted by Gasteiger charge is 2.04. The van der Waals surface area contributed by atoms with E-state index in [4.69, 9.17) is 12.2 Å². The predicted octanol–water partition coefficient (Wildman–Crippen LogP) is 2.56. The Morgan fingerprint density at radius 3 is 2.58 bits per heavy atom. The fourth-order valence-corrected chi connectivity index (χ4v) is 2.68. The fourth-order valence-electron chi connectivity index (χ4n) is 1.84. The maximum atomic E-state index is 11.8. The van der Waals surface area contributed by atoms with Gasteiger partial charge >= 0.3 is 0 Å². The molecule has 0 spiro atoms. The van der Waals surface area contributed by atoms with Crippen LogP contribution >= 0.6 is 23.6 Å². The first-order valence-corrected chi connectivity index (χ1v) is 8.48. The Morgan fingerprint density at radius 2 is 1.96 bits per heavy atom. The number of amides is 2. The van der Waals surface area contributed by atoms with E-state index in [1.165, 1.54) is 6.08 Å². The van der Waals surface area contributed by atoms with Crippen molar-refractivity contribution in [1.29, 1.82) is 0 Å². The second-order valence-electron chi connectivity index (χ2n) is 4.84. The van der Waals surface area contributed by atoms with Gasteiger partial charge in [0.2, 0.25) is 11.8 Å². The van der Waals surface area contributed by atoms with E-state index in [0.29, 0.717) is 6.42 Å². The summed E-state index contributed by atoms with van der Waals surface area (Å²) in [7, 11) is 1.60. The molecule has 2 amide bonds. The number of thiocarbonyl (C=S) groups is 1. The minimum Gasteiger partial charge on any atom is -0.359 e. The quantitative estimate of drug-likeness (QED) is 0.567. The standard InChI is InChI=1S/C17H17N3O2S2/c1-18-16(22)11-12-4-6-13(7-5-12)19-17(23)20-15(21)9-8-14-3-2-10-24-14/h2-10H,11H2,1H3,(H,18,22)(H2,19,20,21,23)/b9-8+. The molecule has 0 aliphatic rings. The summed E-state index contributed by atoms with van der Waals surface area (Å²) >= 11 is 6.66. The molecule has 0 aliphatic carbocycles. The first-order chi connectivity index (χ1) is 11.6. The van der Waals surface area contributed by atoms with Gasteiger partial charge in [0.25, 0.3) is 0 Å². The van der Waals surface area contributed by atoms with Crippen LogP contribution in [0.1, 0.15) is 10.4 Å². The maximum Gasteiger partial charge on any atom is 0.250 e. The molecule has 0 atom stereocenters. The number of anilines is 1. The molecule has 2 rings (SSSR count). The van der Waals surface area contributed by atoms with Gasteiger partial charge in [0.1, 0.15) is 0 Å². The van der Waals surface area contributed by atoms with E-state index in [1.54, 1.807) is 36.6 Å². The number of nitrogens with one attached hydrogen (secondary N) is 3. The van der Waals surface area contributed by atoms with E-state index in [-0.39, 0.29) is 16.9 Å². The molecule has 0 radical (unpaired) electrons. The monoisotopic (exact) mass is 359 g/mol. The lowest BCUT2D eigenvalue weighted by Crippen LogP contribution is -2.32. The summed E-state index contributed by atoms with van der Waals surface area (Å²) in [6, 6.07) is 11.1. The Hall–Kier alpha value is -2.51. The summed E-state index contributed by atoms with van der Waals surface area (Å²) in [5, 5.41) is 10.2. The summed E-state index contributed by atoms with van der Waals surface area (Å²) < 4.78 is 0. The van der Waals surface area contributed by atoms with E-state index in [0.717, 1.165) is 16.1 Å². The van der Waals surface area contributed by atoms with Gasteiger partial charge in [0.05, 0.1) is 6.42 Å². The van der Waals surface area contributed by atoms with Crippen molar-refractivity contribution in [3.63, 3.8) is 0 Å². The second-order valence-corrected chi connectivity index (χ2v) is 6.23. The van der Waals surface area contributed by atoms with Crippen LogP contribution in [0.4, 0.5) is 5.69 Å². The molecular formula is C17H17N3O2S2. The SMILES string of the molecule is CNC(=O)Cc1ccc(NC(=S)NC(=O)/C=C/c2cccs2)cc1. The summed E-state index contributed by atoms with van der Waals surface area (Å²) in [4.78, 5) is 24.1. The number of thiophene rings is 1. The van der Waals surface area contributed by atoms with E-state index < -0.39 is 0 Å². The van der Waals surface area contributed by atoms with Crippen LogP contribution in [0, 0.1) is 0 Å². The Bertz CT molecular complexity index is 738. The number of hydrogen-bond donors (Lipinski definition) is 3. The van der Waals surface area contributed by atoms with Crippen molar-refractivity contribution in [3.05, 3.63) is 58.3 Å². The Balaban J connectivity index is 1.83. The molecule has 1 aromatic heterocycles. The molecule has 0 unspecified atom stereocenters. The van der Waals surface area contributed by atoms with Crippen LogP contribution in [0.25, 0.3) is 6.08 Å². The van der Waals surface area contributed by atoms with Crippen LogP contribution in [0.3, 0.4) is 0 Å².